The van der Waals surface area contributed by atoms with Gasteiger partial charge in [0.15, 0.2) is 0 Å². The molecule has 2 N–H and O–H groups in total. The Morgan fingerprint density at radius 2 is 1.56 bits per heavy atom. The van der Waals surface area contributed by atoms with Gasteiger partial charge in [-0.25, -0.2) is 14.6 Å². The molecule has 2 heterocycles. The fourth-order valence-electron chi connectivity index (χ4n) is 0.984. The van der Waals surface area contributed by atoms with E-state index in [2.05, 4.69) is 9.97 Å². The number of pyridine rings is 2. The summed E-state index contributed by atoms with van der Waals surface area (Å²) in [5.74, 6) is -1.91. The Hall–Kier alpha value is -2.76. The molecule has 2 rings (SSSR count). The van der Waals surface area contributed by atoms with Gasteiger partial charge >= 0.3 is 11.9 Å². The lowest BCUT2D eigenvalue weighted by Crippen LogP contribution is -1.97. The number of carbonyl (C=O) groups is 2. The maximum Gasteiger partial charge on any atom is 0.354 e. The molecule has 0 aliphatic rings. The van der Waals surface area contributed by atoms with E-state index in [1.165, 1.54) is 36.8 Å². The van der Waals surface area contributed by atoms with Gasteiger partial charge in [-0.05, 0) is 24.3 Å². The second kappa shape index (κ2) is 6.74. The molecule has 2 aromatic heterocycles. The molecular formula is C12H10N2O4. The van der Waals surface area contributed by atoms with Gasteiger partial charge in [0.05, 0.1) is 5.56 Å². The second-order valence-electron chi connectivity index (χ2n) is 3.06. The van der Waals surface area contributed by atoms with Crippen LogP contribution < -0.4 is 0 Å². The maximum atomic E-state index is 10.2. The summed E-state index contributed by atoms with van der Waals surface area (Å²) in [6, 6.07) is 7.65. The predicted molar refractivity (Wildman–Crippen MR) is 62.4 cm³/mol. The van der Waals surface area contributed by atoms with Crippen molar-refractivity contribution in [3.05, 3.63) is 60.2 Å². The SMILES string of the molecule is O=C(O)c1ccccn1.O=C(O)c1ccncc1. The smallest absolute Gasteiger partial charge is 0.354 e. The summed E-state index contributed by atoms with van der Waals surface area (Å²) in [7, 11) is 0. The molecule has 92 valence electrons. The highest BCUT2D eigenvalue weighted by Gasteiger charge is 1.99. The van der Waals surface area contributed by atoms with Crippen LogP contribution in [0.4, 0.5) is 0 Å². The van der Waals surface area contributed by atoms with Crippen LogP contribution in [0.5, 0.6) is 0 Å². The summed E-state index contributed by atoms with van der Waals surface area (Å²) in [5, 5.41) is 16.7. The van der Waals surface area contributed by atoms with Crippen LogP contribution in [-0.4, -0.2) is 32.1 Å². The van der Waals surface area contributed by atoms with Crippen molar-refractivity contribution in [1.82, 2.24) is 9.97 Å². The zero-order valence-electron chi connectivity index (χ0n) is 9.22. The molecule has 0 aromatic carbocycles. The summed E-state index contributed by atoms with van der Waals surface area (Å²) in [4.78, 5) is 27.6. The molecule has 0 bridgehead atoms. The largest absolute Gasteiger partial charge is 0.478 e. The second-order valence-corrected chi connectivity index (χ2v) is 3.06. The Labute approximate surface area is 103 Å². The number of aromatic nitrogens is 2. The van der Waals surface area contributed by atoms with E-state index in [1.54, 1.807) is 12.1 Å². The van der Waals surface area contributed by atoms with Crippen LogP contribution in [0.2, 0.25) is 0 Å². The molecule has 0 amide bonds. The Morgan fingerprint density at radius 1 is 0.889 bits per heavy atom. The summed E-state index contributed by atoms with van der Waals surface area (Å²) in [6.45, 7) is 0. The molecule has 0 radical (unpaired) electrons. The van der Waals surface area contributed by atoms with Crippen molar-refractivity contribution >= 4 is 11.9 Å². The number of rotatable bonds is 2. The van der Waals surface area contributed by atoms with Gasteiger partial charge in [0.1, 0.15) is 5.69 Å². The molecule has 0 aliphatic carbocycles. The van der Waals surface area contributed by atoms with Gasteiger partial charge in [-0.1, -0.05) is 6.07 Å². The number of hydrogen-bond donors (Lipinski definition) is 2. The molecule has 0 saturated heterocycles. The summed E-state index contributed by atoms with van der Waals surface area (Å²) in [6.07, 6.45) is 4.34. The fourth-order valence-corrected chi connectivity index (χ4v) is 0.984. The van der Waals surface area contributed by atoms with Crippen LogP contribution in [0.3, 0.4) is 0 Å². The molecule has 0 aliphatic heterocycles. The number of carboxylic acid groups (broad SMARTS) is 2. The van der Waals surface area contributed by atoms with Crippen LogP contribution in [0.15, 0.2) is 48.9 Å². The zero-order valence-corrected chi connectivity index (χ0v) is 9.22. The monoisotopic (exact) mass is 246 g/mol. The van der Waals surface area contributed by atoms with Crippen molar-refractivity contribution in [3.8, 4) is 0 Å². The highest BCUT2D eigenvalue weighted by Crippen LogP contribution is 1.93. The zero-order chi connectivity index (χ0) is 13.4. The lowest BCUT2D eigenvalue weighted by atomic mass is 10.3. The Morgan fingerprint density at radius 3 is 1.89 bits per heavy atom. The summed E-state index contributed by atoms with van der Waals surface area (Å²) >= 11 is 0. The molecular weight excluding hydrogens is 236 g/mol. The predicted octanol–water partition coefficient (Wildman–Crippen LogP) is 1.56. The number of carboxylic acids is 2. The van der Waals surface area contributed by atoms with Gasteiger partial charge < -0.3 is 10.2 Å². The van der Waals surface area contributed by atoms with Crippen LogP contribution in [0.1, 0.15) is 20.8 Å². The molecule has 0 fully saturated rings. The van der Waals surface area contributed by atoms with Gasteiger partial charge in [-0.3, -0.25) is 4.98 Å². The highest BCUT2D eigenvalue weighted by molar-refractivity contribution is 5.87. The Kier molecular flexibility index (Phi) is 4.98. The highest BCUT2D eigenvalue weighted by atomic mass is 16.4. The van der Waals surface area contributed by atoms with E-state index in [0.29, 0.717) is 0 Å². The third-order valence-electron chi connectivity index (χ3n) is 1.81. The van der Waals surface area contributed by atoms with Gasteiger partial charge in [0.25, 0.3) is 0 Å². The average Bonchev–Trinajstić information content (AvgIpc) is 2.41. The van der Waals surface area contributed by atoms with E-state index in [9.17, 15) is 9.59 Å². The molecule has 18 heavy (non-hydrogen) atoms. The van der Waals surface area contributed by atoms with Gasteiger partial charge in [-0.15, -0.1) is 0 Å². The number of aromatic carboxylic acids is 2. The van der Waals surface area contributed by atoms with Crippen LogP contribution in [-0.2, 0) is 0 Å². The van der Waals surface area contributed by atoms with Crippen molar-refractivity contribution in [2.24, 2.45) is 0 Å². The molecule has 0 spiro atoms. The van der Waals surface area contributed by atoms with Crippen molar-refractivity contribution in [1.29, 1.82) is 0 Å². The molecule has 2 aromatic rings. The van der Waals surface area contributed by atoms with Crippen LogP contribution >= 0.6 is 0 Å². The standard InChI is InChI=1S/2C6H5NO2/c8-6(9)5-1-3-7-4-2-5;8-6(9)5-3-1-2-4-7-5/h2*1-4H,(H,8,9). The van der Waals surface area contributed by atoms with Crippen LogP contribution in [0, 0.1) is 0 Å². The molecule has 6 nitrogen and oxygen atoms in total. The summed E-state index contributed by atoms with van der Waals surface area (Å²) < 4.78 is 0. The lowest BCUT2D eigenvalue weighted by molar-refractivity contribution is 0.0682. The normalized spacial score (nSPS) is 8.89. The minimum atomic E-state index is -0.990. The average molecular weight is 246 g/mol. The first-order valence-electron chi connectivity index (χ1n) is 4.89. The molecule has 0 unspecified atom stereocenters. The number of nitrogens with zero attached hydrogens (tertiary/aromatic N) is 2. The third-order valence-corrected chi connectivity index (χ3v) is 1.81. The molecule has 6 heteroatoms. The Bertz CT molecular complexity index is 465. The van der Waals surface area contributed by atoms with Crippen molar-refractivity contribution in [3.63, 3.8) is 0 Å². The molecule has 0 atom stereocenters. The van der Waals surface area contributed by atoms with E-state index in [0.717, 1.165) is 0 Å². The van der Waals surface area contributed by atoms with Crippen molar-refractivity contribution < 1.29 is 19.8 Å². The first-order valence-corrected chi connectivity index (χ1v) is 4.89. The minimum absolute atomic E-state index is 0.0810. The van der Waals surface area contributed by atoms with E-state index in [1.807, 2.05) is 0 Å². The summed E-state index contributed by atoms with van der Waals surface area (Å²) in [5.41, 5.74) is 0.350. The van der Waals surface area contributed by atoms with Crippen molar-refractivity contribution in [2.75, 3.05) is 0 Å². The van der Waals surface area contributed by atoms with Crippen LogP contribution in [0.25, 0.3) is 0 Å². The quantitative estimate of drug-likeness (QED) is 0.833. The first-order chi connectivity index (χ1) is 8.61. The van der Waals surface area contributed by atoms with E-state index in [-0.39, 0.29) is 11.3 Å². The first kappa shape index (κ1) is 13.3. The third kappa shape index (κ3) is 4.40. The van der Waals surface area contributed by atoms with E-state index in [4.69, 9.17) is 10.2 Å². The van der Waals surface area contributed by atoms with Gasteiger partial charge in [-0.2, -0.15) is 0 Å². The van der Waals surface area contributed by atoms with Gasteiger partial charge in [0.2, 0.25) is 0 Å². The minimum Gasteiger partial charge on any atom is -0.478 e. The lowest BCUT2D eigenvalue weighted by Gasteiger charge is -1.87. The van der Waals surface area contributed by atoms with Gasteiger partial charge in [0, 0.05) is 18.6 Å². The number of hydrogen-bond acceptors (Lipinski definition) is 4. The topological polar surface area (TPSA) is 100 Å². The van der Waals surface area contributed by atoms with E-state index < -0.39 is 11.9 Å². The molecule has 0 saturated carbocycles. The van der Waals surface area contributed by atoms with E-state index >= 15 is 0 Å². The Balaban J connectivity index is 0.000000180. The van der Waals surface area contributed by atoms with Crippen molar-refractivity contribution in [2.45, 2.75) is 0 Å². The fraction of sp³-hybridized carbons (Fsp3) is 0. The maximum absolute atomic E-state index is 10.2.